The lowest BCUT2D eigenvalue weighted by Crippen LogP contribution is -2.43. The van der Waals surface area contributed by atoms with E-state index in [1.807, 2.05) is 0 Å². The zero-order chi connectivity index (χ0) is 7.40. The largest absolute Gasteiger partial charge is 0.326 e. The molecule has 0 amide bonds. The first-order chi connectivity index (χ1) is 4.88. The Morgan fingerprint density at radius 3 is 2.00 bits per heavy atom. The molecule has 48 valence electrons. The Hall–Kier alpha value is -0.0800. The standard InChI is InChI=1S/C6H14N2/c7-5-3-1-2-4-6(5)8/h5-6H,1-4,7-8H2/t5-,6?/m1/s1/i/hD2. The maximum atomic E-state index is 6.96. The molecular weight excluding hydrogens is 100 g/mol. The van der Waals surface area contributed by atoms with E-state index in [1.54, 1.807) is 0 Å². The summed E-state index contributed by atoms with van der Waals surface area (Å²) in [6, 6.07) is 0.373. The molecule has 1 fully saturated rings. The van der Waals surface area contributed by atoms with Crippen molar-refractivity contribution >= 4 is 0 Å². The summed E-state index contributed by atoms with van der Waals surface area (Å²) in [5.41, 5.74) is 4.94. The van der Waals surface area contributed by atoms with Crippen LogP contribution in [0.15, 0.2) is 0 Å². The van der Waals surface area contributed by atoms with Gasteiger partial charge in [0.1, 0.15) is 2.82 Å². The summed E-state index contributed by atoms with van der Waals surface area (Å²) in [5, 5.41) is 0. The van der Waals surface area contributed by atoms with Crippen molar-refractivity contribution in [3.8, 4) is 0 Å². The van der Waals surface area contributed by atoms with E-state index < -0.39 is 0 Å². The fourth-order valence-corrected chi connectivity index (χ4v) is 1.13. The van der Waals surface area contributed by atoms with Gasteiger partial charge in [-0.2, -0.15) is 0 Å². The van der Waals surface area contributed by atoms with Gasteiger partial charge in [-0.15, -0.1) is 0 Å². The molecular formula is C6H14N2. The predicted octanol–water partition coefficient (Wildman–Crippen LogP) is 0.215. The van der Waals surface area contributed by atoms with Gasteiger partial charge in [-0.25, -0.2) is 0 Å². The van der Waals surface area contributed by atoms with E-state index in [2.05, 4.69) is 11.5 Å². The lowest BCUT2D eigenvalue weighted by atomic mass is 9.92. The first kappa shape index (κ1) is 3.85. The molecule has 4 N–H and O–H groups in total. The SMILES string of the molecule is [2H]NC1CCCC[C@H]1N[2H]. The highest BCUT2D eigenvalue weighted by Gasteiger charge is 2.16. The van der Waals surface area contributed by atoms with E-state index in [1.165, 1.54) is 12.8 Å². The molecule has 1 unspecified atom stereocenters. The van der Waals surface area contributed by atoms with Crippen LogP contribution in [-0.4, -0.2) is 12.1 Å². The normalized spacial score (nSPS) is 43.0. The van der Waals surface area contributed by atoms with Crippen LogP contribution in [0.4, 0.5) is 0 Å². The highest BCUT2D eigenvalue weighted by Crippen LogP contribution is 2.14. The molecule has 1 aliphatic carbocycles. The first-order valence-corrected chi connectivity index (χ1v) is 3.23. The minimum Gasteiger partial charge on any atom is -0.326 e. The summed E-state index contributed by atoms with van der Waals surface area (Å²) in [5.74, 6) is 0. The monoisotopic (exact) mass is 116 g/mol. The van der Waals surface area contributed by atoms with Gasteiger partial charge in [0.05, 0.1) is 0 Å². The molecule has 0 aliphatic heterocycles. The highest BCUT2D eigenvalue weighted by atomic mass is 14.8. The lowest BCUT2D eigenvalue weighted by molar-refractivity contribution is 0.385. The second kappa shape index (κ2) is 2.46. The van der Waals surface area contributed by atoms with Crippen molar-refractivity contribution in [1.82, 2.24) is 0 Å². The summed E-state index contributed by atoms with van der Waals surface area (Å²) in [4.78, 5) is 0. The smallest absolute Gasteiger partial charge is 0.119 e. The van der Waals surface area contributed by atoms with Crippen LogP contribution in [0.1, 0.15) is 25.7 Å². The molecule has 0 aromatic rings. The van der Waals surface area contributed by atoms with Gasteiger partial charge in [0.15, 0.2) is 0 Å². The number of nitrogens with two attached hydrogens (primary N) is 2. The van der Waals surface area contributed by atoms with Crippen molar-refractivity contribution in [1.29, 1.82) is 0 Å². The molecule has 1 saturated carbocycles. The molecule has 0 saturated heterocycles. The van der Waals surface area contributed by atoms with Gasteiger partial charge in [0, 0.05) is 12.1 Å². The molecule has 2 atom stereocenters. The molecule has 8 heavy (non-hydrogen) atoms. The van der Waals surface area contributed by atoms with Crippen LogP contribution >= 0.6 is 0 Å². The van der Waals surface area contributed by atoms with Crippen LogP contribution < -0.4 is 11.5 Å². The maximum Gasteiger partial charge on any atom is 0.119 e. The molecule has 0 radical (unpaired) electrons. The molecule has 0 heterocycles. The molecule has 2 nitrogen and oxygen atoms in total. The van der Waals surface area contributed by atoms with Crippen molar-refractivity contribution < 1.29 is 2.82 Å². The van der Waals surface area contributed by atoms with E-state index in [0.717, 1.165) is 12.8 Å². The molecule has 0 aromatic heterocycles. The average Bonchev–Trinajstić information content (AvgIpc) is 2.04. The molecule has 1 aliphatic rings. The van der Waals surface area contributed by atoms with Gasteiger partial charge in [-0.05, 0) is 12.8 Å². The molecule has 1 rings (SSSR count). The van der Waals surface area contributed by atoms with E-state index >= 15 is 0 Å². The second-order valence-corrected chi connectivity index (χ2v) is 2.50. The molecule has 0 aromatic carbocycles. The Morgan fingerprint density at radius 1 is 1.12 bits per heavy atom. The highest BCUT2D eigenvalue weighted by molar-refractivity contribution is 4.79. The van der Waals surface area contributed by atoms with Crippen molar-refractivity contribution in [3.05, 3.63) is 0 Å². The van der Waals surface area contributed by atoms with Crippen LogP contribution in [0.3, 0.4) is 0 Å². The summed E-state index contributed by atoms with van der Waals surface area (Å²) in [7, 11) is 0. The minimum atomic E-state index is 0.186. The Morgan fingerprint density at radius 2 is 1.62 bits per heavy atom. The van der Waals surface area contributed by atoms with E-state index in [-0.39, 0.29) is 12.1 Å². The maximum absolute atomic E-state index is 6.96. The van der Waals surface area contributed by atoms with Gasteiger partial charge < -0.3 is 11.5 Å². The van der Waals surface area contributed by atoms with Gasteiger partial charge >= 0.3 is 0 Å². The molecule has 0 bridgehead atoms. The Balaban J connectivity index is 2.34. The molecule has 0 spiro atoms. The summed E-state index contributed by atoms with van der Waals surface area (Å²) in [6.07, 6.45) is 4.43. The average molecular weight is 116 g/mol. The zero-order valence-electron chi connectivity index (χ0n) is 6.98. The van der Waals surface area contributed by atoms with Crippen molar-refractivity contribution in [2.75, 3.05) is 0 Å². The van der Waals surface area contributed by atoms with Crippen molar-refractivity contribution in [2.24, 2.45) is 11.5 Å². The minimum absolute atomic E-state index is 0.186. The summed E-state index contributed by atoms with van der Waals surface area (Å²) in [6.45, 7) is 0. The third kappa shape index (κ3) is 1.20. The third-order valence-electron chi connectivity index (χ3n) is 1.77. The Kier molecular flexibility index (Phi) is 1.19. The quantitative estimate of drug-likeness (QED) is 0.542. The van der Waals surface area contributed by atoms with Gasteiger partial charge in [-0.3, -0.25) is 0 Å². The molecule has 2 heteroatoms. The van der Waals surface area contributed by atoms with Crippen LogP contribution in [0, 0.1) is 0 Å². The number of hydrogen-bond donors (Lipinski definition) is 2. The summed E-state index contributed by atoms with van der Waals surface area (Å²) >= 11 is 0. The van der Waals surface area contributed by atoms with E-state index in [0.29, 0.717) is 0 Å². The summed E-state index contributed by atoms with van der Waals surface area (Å²) < 4.78 is 13.9. The van der Waals surface area contributed by atoms with Gasteiger partial charge in [0.2, 0.25) is 0 Å². The Labute approximate surface area is 53.2 Å². The van der Waals surface area contributed by atoms with Crippen LogP contribution in [-0.2, 0) is 0 Å². The van der Waals surface area contributed by atoms with E-state index in [9.17, 15) is 0 Å². The van der Waals surface area contributed by atoms with Crippen LogP contribution in [0.25, 0.3) is 0 Å². The zero-order valence-corrected chi connectivity index (χ0v) is 4.98. The third-order valence-corrected chi connectivity index (χ3v) is 1.77. The van der Waals surface area contributed by atoms with E-state index in [4.69, 9.17) is 2.82 Å². The number of hydrogen-bond acceptors (Lipinski definition) is 2. The van der Waals surface area contributed by atoms with Crippen molar-refractivity contribution in [3.63, 3.8) is 0 Å². The van der Waals surface area contributed by atoms with Gasteiger partial charge in [-0.1, -0.05) is 12.8 Å². The second-order valence-electron chi connectivity index (χ2n) is 2.50. The van der Waals surface area contributed by atoms with Crippen LogP contribution in [0.2, 0.25) is 2.82 Å². The topological polar surface area (TPSA) is 52.0 Å². The predicted molar refractivity (Wildman–Crippen MR) is 34.4 cm³/mol. The van der Waals surface area contributed by atoms with Crippen LogP contribution in [0.5, 0.6) is 0 Å². The fraction of sp³-hybridized carbons (Fsp3) is 1.00. The van der Waals surface area contributed by atoms with Gasteiger partial charge in [0.25, 0.3) is 0 Å². The lowest BCUT2D eigenvalue weighted by Gasteiger charge is -2.24. The fourth-order valence-electron chi connectivity index (χ4n) is 1.13. The van der Waals surface area contributed by atoms with Crippen molar-refractivity contribution in [2.45, 2.75) is 37.8 Å². The first-order valence-electron chi connectivity index (χ1n) is 4.23. The Bertz CT molecular complexity index is 87.7. The number of rotatable bonds is 2.